The molecule has 0 amide bonds. The maximum Gasteiger partial charge on any atom is 0.137 e. The van der Waals surface area contributed by atoms with Gasteiger partial charge in [-0.05, 0) is 30.7 Å². The van der Waals surface area contributed by atoms with Crippen LogP contribution in [0.15, 0.2) is 42.5 Å². The summed E-state index contributed by atoms with van der Waals surface area (Å²) in [6.07, 6.45) is 0.768. The summed E-state index contributed by atoms with van der Waals surface area (Å²) in [6.45, 7) is 2.01. The Morgan fingerprint density at radius 2 is 2.00 bits per heavy atom. The number of ether oxygens (including phenoxy) is 1. The fourth-order valence-corrected chi connectivity index (χ4v) is 2.37. The molecule has 4 heteroatoms. The number of halogens is 2. The minimum Gasteiger partial charge on any atom is -0.495 e. The zero-order valence-corrected chi connectivity index (χ0v) is 12.2. The van der Waals surface area contributed by atoms with Gasteiger partial charge in [0.15, 0.2) is 0 Å². The molecule has 0 aromatic heterocycles. The average Bonchev–Trinajstić information content (AvgIpc) is 2.46. The minimum absolute atomic E-state index is 0.0966. The molecule has 2 aromatic carbocycles. The average molecular weight is 294 g/mol. The Balaban J connectivity index is 2.23. The lowest BCUT2D eigenvalue weighted by molar-refractivity contribution is 0.415. The highest BCUT2D eigenvalue weighted by atomic mass is 35.5. The second-order valence-electron chi connectivity index (χ2n) is 4.48. The standard InChI is InChI=1S/C16H17ClFNO/c1-3-15(12-6-4-5-7-14(12)18)19-11-8-9-16(20-2)13(17)10-11/h4-10,15,19H,3H2,1-2H3. The second kappa shape index (κ2) is 6.62. The van der Waals surface area contributed by atoms with Crippen LogP contribution in [0.4, 0.5) is 10.1 Å². The second-order valence-corrected chi connectivity index (χ2v) is 4.88. The molecule has 0 fully saturated rings. The van der Waals surface area contributed by atoms with Gasteiger partial charge < -0.3 is 10.1 Å². The van der Waals surface area contributed by atoms with E-state index in [-0.39, 0.29) is 11.9 Å². The zero-order chi connectivity index (χ0) is 14.5. The van der Waals surface area contributed by atoms with Gasteiger partial charge in [0.25, 0.3) is 0 Å². The Kier molecular flexibility index (Phi) is 4.85. The number of benzene rings is 2. The largest absolute Gasteiger partial charge is 0.495 e. The number of nitrogens with one attached hydrogen (secondary N) is 1. The maximum atomic E-state index is 13.8. The van der Waals surface area contributed by atoms with Gasteiger partial charge in [0, 0.05) is 11.3 Å². The first-order valence-corrected chi connectivity index (χ1v) is 6.88. The molecule has 0 saturated heterocycles. The number of anilines is 1. The highest BCUT2D eigenvalue weighted by Gasteiger charge is 2.13. The first-order chi connectivity index (χ1) is 9.65. The smallest absolute Gasteiger partial charge is 0.137 e. The molecule has 20 heavy (non-hydrogen) atoms. The van der Waals surface area contributed by atoms with Gasteiger partial charge in [-0.25, -0.2) is 4.39 Å². The summed E-state index contributed by atoms with van der Waals surface area (Å²) in [5.41, 5.74) is 1.49. The van der Waals surface area contributed by atoms with Gasteiger partial charge in [-0.15, -0.1) is 0 Å². The summed E-state index contributed by atoms with van der Waals surface area (Å²) in [7, 11) is 1.57. The molecule has 0 heterocycles. The number of methoxy groups -OCH3 is 1. The van der Waals surface area contributed by atoms with E-state index in [1.807, 2.05) is 19.1 Å². The molecule has 2 aromatic rings. The SMILES string of the molecule is CCC(Nc1ccc(OC)c(Cl)c1)c1ccccc1F. The van der Waals surface area contributed by atoms with E-state index in [0.29, 0.717) is 16.3 Å². The lowest BCUT2D eigenvalue weighted by atomic mass is 10.0. The van der Waals surface area contributed by atoms with E-state index in [4.69, 9.17) is 16.3 Å². The molecule has 1 unspecified atom stereocenters. The Hall–Kier alpha value is -1.74. The van der Waals surface area contributed by atoms with Crippen molar-refractivity contribution in [3.05, 3.63) is 58.9 Å². The van der Waals surface area contributed by atoms with Crippen molar-refractivity contribution in [3.8, 4) is 5.75 Å². The van der Waals surface area contributed by atoms with Crippen molar-refractivity contribution < 1.29 is 9.13 Å². The van der Waals surface area contributed by atoms with Crippen molar-refractivity contribution in [2.75, 3.05) is 12.4 Å². The van der Waals surface area contributed by atoms with Crippen LogP contribution in [0.5, 0.6) is 5.75 Å². The molecule has 0 saturated carbocycles. The Morgan fingerprint density at radius 1 is 1.25 bits per heavy atom. The fourth-order valence-electron chi connectivity index (χ4n) is 2.11. The van der Waals surface area contributed by atoms with E-state index in [1.54, 1.807) is 31.4 Å². The van der Waals surface area contributed by atoms with Crippen LogP contribution in [-0.2, 0) is 0 Å². The Bertz CT molecular complexity index is 588. The quantitative estimate of drug-likeness (QED) is 0.833. The summed E-state index contributed by atoms with van der Waals surface area (Å²) in [5.74, 6) is 0.419. The van der Waals surface area contributed by atoms with Crippen LogP contribution in [-0.4, -0.2) is 7.11 Å². The van der Waals surface area contributed by atoms with Crippen LogP contribution in [0, 0.1) is 5.82 Å². The molecule has 1 atom stereocenters. The lowest BCUT2D eigenvalue weighted by Gasteiger charge is -2.20. The molecular formula is C16H17ClFNO. The van der Waals surface area contributed by atoms with Gasteiger partial charge in [0.2, 0.25) is 0 Å². The summed E-state index contributed by atoms with van der Waals surface area (Å²) in [4.78, 5) is 0. The van der Waals surface area contributed by atoms with Crippen LogP contribution in [0.3, 0.4) is 0 Å². The normalized spacial score (nSPS) is 12.0. The molecule has 2 nitrogen and oxygen atoms in total. The third kappa shape index (κ3) is 3.23. The van der Waals surface area contributed by atoms with Crippen LogP contribution in [0.2, 0.25) is 5.02 Å². The fraction of sp³-hybridized carbons (Fsp3) is 0.250. The van der Waals surface area contributed by atoms with Gasteiger partial charge in [-0.1, -0.05) is 36.7 Å². The summed E-state index contributed by atoms with van der Waals surface area (Å²) < 4.78 is 19.0. The third-order valence-electron chi connectivity index (χ3n) is 3.18. The minimum atomic E-state index is -0.202. The highest BCUT2D eigenvalue weighted by Crippen LogP contribution is 2.30. The van der Waals surface area contributed by atoms with E-state index < -0.39 is 0 Å². The van der Waals surface area contributed by atoms with Crippen LogP contribution < -0.4 is 10.1 Å². The Morgan fingerprint density at radius 3 is 2.60 bits per heavy atom. The van der Waals surface area contributed by atoms with Gasteiger partial charge in [0.1, 0.15) is 11.6 Å². The molecule has 1 N–H and O–H groups in total. The van der Waals surface area contributed by atoms with Crippen molar-refractivity contribution in [3.63, 3.8) is 0 Å². The molecule has 2 rings (SSSR count). The van der Waals surface area contributed by atoms with Crippen molar-refractivity contribution in [2.24, 2.45) is 0 Å². The molecule has 106 valence electrons. The lowest BCUT2D eigenvalue weighted by Crippen LogP contribution is -2.11. The summed E-state index contributed by atoms with van der Waals surface area (Å²) in [5, 5.41) is 3.83. The molecule has 0 aliphatic rings. The molecule has 0 radical (unpaired) electrons. The zero-order valence-electron chi connectivity index (χ0n) is 11.5. The van der Waals surface area contributed by atoms with E-state index in [1.165, 1.54) is 6.07 Å². The van der Waals surface area contributed by atoms with Crippen molar-refractivity contribution in [1.29, 1.82) is 0 Å². The first-order valence-electron chi connectivity index (χ1n) is 6.50. The third-order valence-corrected chi connectivity index (χ3v) is 3.48. The highest BCUT2D eigenvalue weighted by molar-refractivity contribution is 6.32. The van der Waals surface area contributed by atoms with Crippen molar-refractivity contribution in [2.45, 2.75) is 19.4 Å². The van der Waals surface area contributed by atoms with E-state index in [0.717, 1.165) is 12.1 Å². The van der Waals surface area contributed by atoms with E-state index in [2.05, 4.69) is 5.32 Å². The summed E-state index contributed by atoms with van der Waals surface area (Å²) in [6, 6.07) is 12.1. The van der Waals surface area contributed by atoms with Gasteiger partial charge in [0.05, 0.1) is 18.2 Å². The van der Waals surface area contributed by atoms with Gasteiger partial charge in [-0.2, -0.15) is 0 Å². The molecular weight excluding hydrogens is 277 g/mol. The van der Waals surface area contributed by atoms with Crippen molar-refractivity contribution in [1.82, 2.24) is 0 Å². The topological polar surface area (TPSA) is 21.3 Å². The van der Waals surface area contributed by atoms with E-state index >= 15 is 0 Å². The predicted octanol–water partition coefficient (Wildman–Crippen LogP) is 5.05. The first kappa shape index (κ1) is 14.7. The molecule has 0 bridgehead atoms. The van der Waals surface area contributed by atoms with Gasteiger partial charge in [-0.3, -0.25) is 0 Å². The van der Waals surface area contributed by atoms with E-state index in [9.17, 15) is 4.39 Å². The van der Waals surface area contributed by atoms with Crippen LogP contribution >= 0.6 is 11.6 Å². The summed E-state index contributed by atoms with van der Waals surface area (Å²) >= 11 is 6.09. The van der Waals surface area contributed by atoms with Gasteiger partial charge >= 0.3 is 0 Å². The number of rotatable bonds is 5. The molecule has 0 aliphatic heterocycles. The monoisotopic (exact) mass is 293 g/mol. The number of hydrogen-bond acceptors (Lipinski definition) is 2. The number of hydrogen-bond donors (Lipinski definition) is 1. The molecule has 0 aliphatic carbocycles. The maximum absolute atomic E-state index is 13.8. The van der Waals surface area contributed by atoms with Crippen LogP contribution in [0.1, 0.15) is 24.9 Å². The predicted molar refractivity (Wildman–Crippen MR) is 81.1 cm³/mol. The van der Waals surface area contributed by atoms with Crippen molar-refractivity contribution >= 4 is 17.3 Å². The van der Waals surface area contributed by atoms with Crippen LogP contribution in [0.25, 0.3) is 0 Å². The molecule has 0 spiro atoms. The Labute approximate surface area is 123 Å².